The molecule has 0 aromatic carbocycles. The van der Waals surface area contributed by atoms with Gasteiger partial charge in [-0.3, -0.25) is 9.59 Å². The average Bonchev–Trinajstić information content (AvgIpc) is 2.71. The fourth-order valence-electron chi connectivity index (χ4n) is 2.68. The highest BCUT2D eigenvalue weighted by Crippen LogP contribution is 2.43. The van der Waals surface area contributed by atoms with Crippen LogP contribution < -0.4 is 5.32 Å². The molecule has 0 bridgehead atoms. The van der Waals surface area contributed by atoms with Gasteiger partial charge in [0.05, 0.1) is 10.8 Å². The summed E-state index contributed by atoms with van der Waals surface area (Å²) >= 11 is 1.20. The zero-order valence-electron chi connectivity index (χ0n) is 18.5. The van der Waals surface area contributed by atoms with Gasteiger partial charge in [0.25, 0.3) is 0 Å². The van der Waals surface area contributed by atoms with E-state index < -0.39 is 51.9 Å². The Morgan fingerprint density at radius 2 is 1.76 bits per heavy atom. The minimum absolute atomic E-state index is 0.00612. The van der Waals surface area contributed by atoms with Gasteiger partial charge in [0, 0.05) is 17.4 Å². The standard InChI is InChI=1S/C20H33NO7S/c1-18(2,3)16(25)27-14-12(9-13(22)20(14,7)8)29-10-11(15(23)24)21-17(26)28-19(4,5)6/h11-12,14H,9-10H2,1-8H3,(H,21,26)(H,23,24)/t11-,12+,14+/m0/s1. The van der Waals surface area contributed by atoms with Crippen molar-refractivity contribution in [1.82, 2.24) is 5.32 Å². The number of carboxylic acid groups (broad SMARTS) is 1. The molecule has 0 spiro atoms. The molecule has 0 radical (unpaired) electrons. The molecule has 0 saturated heterocycles. The summed E-state index contributed by atoms with van der Waals surface area (Å²) in [5, 5.41) is 11.4. The van der Waals surface area contributed by atoms with Crippen LogP contribution in [0.1, 0.15) is 61.8 Å². The van der Waals surface area contributed by atoms with Crippen LogP contribution in [0.15, 0.2) is 0 Å². The number of ether oxygens (including phenoxy) is 2. The number of esters is 1. The number of thioether (sulfide) groups is 1. The lowest BCUT2D eigenvalue weighted by molar-refractivity contribution is -0.163. The summed E-state index contributed by atoms with van der Waals surface area (Å²) < 4.78 is 10.8. The van der Waals surface area contributed by atoms with Crippen molar-refractivity contribution in [2.24, 2.45) is 10.8 Å². The lowest BCUT2D eigenvalue weighted by atomic mass is 9.87. The Balaban J connectivity index is 2.86. The van der Waals surface area contributed by atoms with Gasteiger partial charge < -0.3 is 19.9 Å². The van der Waals surface area contributed by atoms with Crippen LogP contribution in [0.25, 0.3) is 0 Å². The second-order valence-corrected chi connectivity index (χ2v) is 11.1. The van der Waals surface area contributed by atoms with E-state index in [1.54, 1.807) is 55.4 Å². The van der Waals surface area contributed by atoms with Crippen molar-refractivity contribution in [2.75, 3.05) is 5.75 Å². The van der Waals surface area contributed by atoms with Crippen LogP contribution >= 0.6 is 11.8 Å². The zero-order valence-corrected chi connectivity index (χ0v) is 19.3. The fraction of sp³-hybridized carbons (Fsp3) is 0.800. The van der Waals surface area contributed by atoms with Crippen LogP contribution in [0.5, 0.6) is 0 Å². The van der Waals surface area contributed by atoms with Gasteiger partial charge in [-0.05, 0) is 55.4 Å². The van der Waals surface area contributed by atoms with E-state index in [1.807, 2.05) is 0 Å². The summed E-state index contributed by atoms with van der Waals surface area (Å²) in [6, 6.07) is -1.20. The van der Waals surface area contributed by atoms with Gasteiger partial charge in [-0.15, -0.1) is 0 Å². The molecule has 0 aliphatic heterocycles. The van der Waals surface area contributed by atoms with Gasteiger partial charge in [-0.25, -0.2) is 9.59 Å². The molecule has 2 N–H and O–H groups in total. The summed E-state index contributed by atoms with van der Waals surface area (Å²) in [7, 11) is 0. The maximum absolute atomic E-state index is 12.5. The quantitative estimate of drug-likeness (QED) is 0.616. The summed E-state index contributed by atoms with van der Waals surface area (Å²) in [6.45, 7) is 13.7. The summed E-state index contributed by atoms with van der Waals surface area (Å²) in [5.74, 6) is -1.67. The lowest BCUT2D eigenvalue weighted by Crippen LogP contribution is -2.46. The Kier molecular flexibility index (Phi) is 7.78. The first-order chi connectivity index (χ1) is 12.9. The SMILES string of the molecule is CC(C)(C)OC(=O)N[C@@H](CS[C@@H]1CC(=O)C(C)(C)[C@@H]1OC(=O)C(C)(C)C)C(=O)O. The molecule has 29 heavy (non-hydrogen) atoms. The van der Waals surface area contributed by atoms with Crippen molar-refractivity contribution in [3.63, 3.8) is 0 Å². The number of amides is 1. The average molecular weight is 432 g/mol. The summed E-state index contributed by atoms with van der Waals surface area (Å²) in [5.41, 5.74) is -2.34. The van der Waals surface area contributed by atoms with Gasteiger partial charge in [0.1, 0.15) is 23.5 Å². The number of carbonyl (C=O) groups is 4. The van der Waals surface area contributed by atoms with Crippen molar-refractivity contribution in [3.8, 4) is 0 Å². The van der Waals surface area contributed by atoms with E-state index in [1.165, 1.54) is 11.8 Å². The third kappa shape index (κ3) is 7.21. The lowest BCUT2D eigenvalue weighted by Gasteiger charge is -2.31. The molecule has 8 nitrogen and oxygen atoms in total. The number of rotatable bonds is 6. The number of hydrogen-bond acceptors (Lipinski definition) is 7. The normalized spacial score (nSPS) is 22.7. The minimum atomic E-state index is -1.21. The third-order valence-electron chi connectivity index (χ3n) is 4.47. The Morgan fingerprint density at radius 1 is 1.21 bits per heavy atom. The van der Waals surface area contributed by atoms with Gasteiger partial charge in [-0.1, -0.05) is 0 Å². The Labute approximate surface area is 176 Å². The number of carboxylic acids is 1. The molecular formula is C20H33NO7S. The molecule has 1 aliphatic carbocycles. The number of nitrogens with one attached hydrogen (secondary N) is 1. The van der Waals surface area contributed by atoms with Crippen LogP contribution in [0.3, 0.4) is 0 Å². The van der Waals surface area contributed by atoms with E-state index in [9.17, 15) is 24.3 Å². The number of alkyl carbamates (subject to hydrolysis) is 1. The van der Waals surface area contributed by atoms with E-state index >= 15 is 0 Å². The second-order valence-electron chi connectivity index (χ2n) is 9.83. The molecule has 0 aromatic heterocycles. The molecule has 0 aromatic rings. The number of ketones is 1. The van der Waals surface area contributed by atoms with E-state index in [0.29, 0.717) is 0 Å². The number of aliphatic carboxylic acids is 1. The summed E-state index contributed by atoms with van der Waals surface area (Å²) in [4.78, 5) is 48.3. The molecule has 3 atom stereocenters. The zero-order chi connectivity index (χ0) is 22.8. The van der Waals surface area contributed by atoms with Crippen LogP contribution in [0.4, 0.5) is 4.79 Å². The topological polar surface area (TPSA) is 119 Å². The largest absolute Gasteiger partial charge is 0.480 e. The van der Waals surface area contributed by atoms with Crippen LogP contribution in [0.2, 0.25) is 0 Å². The number of carbonyl (C=O) groups excluding carboxylic acids is 3. The van der Waals surface area contributed by atoms with Crippen LogP contribution in [-0.4, -0.2) is 57.7 Å². The van der Waals surface area contributed by atoms with E-state index in [-0.39, 0.29) is 18.0 Å². The Bertz CT molecular complexity index is 661. The fourth-order valence-corrected chi connectivity index (χ4v) is 4.19. The Morgan fingerprint density at radius 3 is 2.21 bits per heavy atom. The maximum Gasteiger partial charge on any atom is 0.408 e. The number of Topliss-reactive ketones (excluding diaryl/α,β-unsaturated/α-hetero) is 1. The highest BCUT2D eigenvalue weighted by Gasteiger charge is 2.52. The highest BCUT2D eigenvalue weighted by molar-refractivity contribution is 8.00. The van der Waals surface area contributed by atoms with Crippen molar-refractivity contribution in [1.29, 1.82) is 0 Å². The maximum atomic E-state index is 12.5. The van der Waals surface area contributed by atoms with Crippen molar-refractivity contribution in [3.05, 3.63) is 0 Å². The van der Waals surface area contributed by atoms with Gasteiger partial charge in [0.15, 0.2) is 0 Å². The molecule has 1 aliphatic rings. The molecule has 0 heterocycles. The Hall–Kier alpha value is -1.77. The van der Waals surface area contributed by atoms with Crippen LogP contribution in [-0.2, 0) is 23.9 Å². The molecule has 1 amide bonds. The molecule has 1 saturated carbocycles. The first-order valence-corrected chi connectivity index (χ1v) is 10.6. The molecule has 166 valence electrons. The van der Waals surface area contributed by atoms with E-state index in [4.69, 9.17) is 9.47 Å². The van der Waals surface area contributed by atoms with Gasteiger partial charge in [0.2, 0.25) is 0 Å². The van der Waals surface area contributed by atoms with Gasteiger partial charge in [-0.2, -0.15) is 11.8 Å². The molecule has 1 rings (SSSR count). The summed E-state index contributed by atoms with van der Waals surface area (Å²) in [6.07, 6.45) is -1.34. The number of hydrogen-bond donors (Lipinski definition) is 2. The van der Waals surface area contributed by atoms with Crippen molar-refractivity contribution in [2.45, 2.75) is 84.8 Å². The van der Waals surface area contributed by atoms with E-state index in [2.05, 4.69) is 5.32 Å². The third-order valence-corrected chi connectivity index (χ3v) is 5.83. The predicted molar refractivity (Wildman–Crippen MR) is 110 cm³/mol. The van der Waals surface area contributed by atoms with Crippen molar-refractivity contribution < 1.29 is 33.8 Å². The second kappa shape index (κ2) is 8.93. The monoisotopic (exact) mass is 431 g/mol. The molecule has 1 fully saturated rings. The van der Waals surface area contributed by atoms with Gasteiger partial charge >= 0.3 is 18.0 Å². The van der Waals surface area contributed by atoms with E-state index in [0.717, 1.165) is 0 Å². The molecular weight excluding hydrogens is 398 g/mol. The predicted octanol–water partition coefficient (Wildman–Crippen LogP) is 3.02. The van der Waals surface area contributed by atoms with Crippen LogP contribution in [0, 0.1) is 10.8 Å². The molecule has 0 unspecified atom stereocenters. The smallest absolute Gasteiger partial charge is 0.408 e. The molecule has 9 heteroatoms. The van der Waals surface area contributed by atoms with Crippen molar-refractivity contribution >= 4 is 35.6 Å². The first-order valence-electron chi connectivity index (χ1n) is 9.53. The minimum Gasteiger partial charge on any atom is -0.480 e. The first kappa shape index (κ1) is 25.3. The highest BCUT2D eigenvalue weighted by atomic mass is 32.2.